The van der Waals surface area contributed by atoms with Crippen LogP contribution in [-0.4, -0.2) is 14.8 Å². The van der Waals surface area contributed by atoms with Crippen molar-refractivity contribution in [1.29, 1.82) is 0 Å². The number of nitrogens with two attached hydrogens (primary N) is 1. The predicted molar refractivity (Wildman–Crippen MR) is 59.5 cm³/mol. The standard InChI is InChI=1S/C10H9N3S/c11-10(14)8-2-4-9(5-3-8)13-7-1-6-12-13/h1-7H,(H2,11,14). The van der Waals surface area contributed by atoms with Crippen molar-refractivity contribution in [3.05, 3.63) is 48.3 Å². The normalized spacial score (nSPS) is 10.0. The molecule has 0 saturated heterocycles. The Labute approximate surface area is 87.2 Å². The molecule has 0 saturated carbocycles. The van der Waals surface area contributed by atoms with Crippen LogP contribution in [0, 0.1) is 0 Å². The third kappa shape index (κ3) is 1.65. The molecular formula is C10H9N3S. The largest absolute Gasteiger partial charge is 0.389 e. The van der Waals surface area contributed by atoms with Gasteiger partial charge in [-0.3, -0.25) is 0 Å². The van der Waals surface area contributed by atoms with E-state index in [1.54, 1.807) is 10.9 Å². The van der Waals surface area contributed by atoms with E-state index in [2.05, 4.69) is 5.10 Å². The maximum atomic E-state index is 5.49. The summed E-state index contributed by atoms with van der Waals surface area (Å²) in [5, 5.41) is 4.11. The van der Waals surface area contributed by atoms with Gasteiger partial charge in [-0.05, 0) is 30.3 Å². The Hall–Kier alpha value is -1.68. The van der Waals surface area contributed by atoms with E-state index in [9.17, 15) is 0 Å². The molecule has 2 N–H and O–H groups in total. The van der Waals surface area contributed by atoms with Gasteiger partial charge in [-0.2, -0.15) is 5.10 Å². The Bertz CT molecular complexity index is 431. The number of thiocarbonyl (C=S) groups is 1. The zero-order chi connectivity index (χ0) is 9.97. The molecule has 1 aromatic carbocycles. The Morgan fingerprint density at radius 2 is 2.00 bits per heavy atom. The molecule has 0 aliphatic carbocycles. The molecule has 0 aliphatic heterocycles. The number of aromatic nitrogens is 2. The fourth-order valence-electron chi connectivity index (χ4n) is 1.20. The number of hydrogen-bond donors (Lipinski definition) is 1. The average molecular weight is 203 g/mol. The van der Waals surface area contributed by atoms with Crippen LogP contribution < -0.4 is 5.73 Å². The lowest BCUT2D eigenvalue weighted by Gasteiger charge is -2.02. The Kier molecular flexibility index (Phi) is 2.28. The van der Waals surface area contributed by atoms with Gasteiger partial charge in [-0.25, -0.2) is 4.68 Å². The summed E-state index contributed by atoms with van der Waals surface area (Å²) < 4.78 is 1.78. The molecule has 0 unspecified atom stereocenters. The molecule has 0 radical (unpaired) electrons. The third-order valence-electron chi connectivity index (χ3n) is 1.92. The lowest BCUT2D eigenvalue weighted by atomic mass is 10.2. The first-order valence-electron chi connectivity index (χ1n) is 4.17. The average Bonchev–Trinajstić information content (AvgIpc) is 2.71. The summed E-state index contributed by atoms with van der Waals surface area (Å²) in [5.41, 5.74) is 7.36. The van der Waals surface area contributed by atoms with Crippen LogP contribution in [0.15, 0.2) is 42.7 Å². The Balaban J connectivity index is 2.36. The first-order chi connectivity index (χ1) is 6.77. The van der Waals surface area contributed by atoms with E-state index in [0.29, 0.717) is 4.99 Å². The van der Waals surface area contributed by atoms with Crippen molar-refractivity contribution in [3.63, 3.8) is 0 Å². The molecule has 0 bridgehead atoms. The van der Waals surface area contributed by atoms with Crippen molar-refractivity contribution in [2.24, 2.45) is 5.73 Å². The summed E-state index contributed by atoms with van der Waals surface area (Å²) >= 11 is 4.86. The van der Waals surface area contributed by atoms with Gasteiger partial charge in [0.15, 0.2) is 0 Å². The topological polar surface area (TPSA) is 43.8 Å². The highest BCUT2D eigenvalue weighted by atomic mass is 32.1. The second kappa shape index (κ2) is 3.59. The molecule has 0 atom stereocenters. The predicted octanol–water partition coefficient (Wildman–Crippen LogP) is 1.51. The van der Waals surface area contributed by atoms with Gasteiger partial charge in [0.2, 0.25) is 0 Å². The quantitative estimate of drug-likeness (QED) is 0.752. The minimum absolute atomic E-state index is 0.414. The van der Waals surface area contributed by atoms with Crippen LogP contribution in [-0.2, 0) is 0 Å². The minimum Gasteiger partial charge on any atom is -0.389 e. The molecule has 14 heavy (non-hydrogen) atoms. The maximum Gasteiger partial charge on any atom is 0.103 e. The molecule has 3 nitrogen and oxygen atoms in total. The van der Waals surface area contributed by atoms with Gasteiger partial charge >= 0.3 is 0 Å². The molecular weight excluding hydrogens is 194 g/mol. The highest BCUT2D eigenvalue weighted by Crippen LogP contribution is 2.08. The van der Waals surface area contributed by atoms with E-state index in [1.807, 2.05) is 36.5 Å². The summed E-state index contributed by atoms with van der Waals surface area (Å²) in [6, 6.07) is 9.52. The van der Waals surface area contributed by atoms with E-state index in [0.717, 1.165) is 11.3 Å². The van der Waals surface area contributed by atoms with E-state index < -0.39 is 0 Å². The molecule has 4 heteroatoms. The maximum absolute atomic E-state index is 5.49. The van der Waals surface area contributed by atoms with Gasteiger partial charge in [0.25, 0.3) is 0 Å². The molecule has 0 amide bonds. The molecule has 1 aromatic heterocycles. The second-order valence-electron chi connectivity index (χ2n) is 2.86. The van der Waals surface area contributed by atoms with Crippen molar-refractivity contribution in [2.45, 2.75) is 0 Å². The number of benzene rings is 1. The zero-order valence-electron chi connectivity index (χ0n) is 7.42. The van der Waals surface area contributed by atoms with Gasteiger partial charge in [-0.15, -0.1) is 0 Å². The summed E-state index contributed by atoms with van der Waals surface area (Å²) in [4.78, 5) is 0.414. The van der Waals surface area contributed by atoms with Gasteiger partial charge in [0.05, 0.1) is 5.69 Å². The molecule has 1 heterocycles. The van der Waals surface area contributed by atoms with Gasteiger partial charge < -0.3 is 5.73 Å². The van der Waals surface area contributed by atoms with E-state index in [4.69, 9.17) is 18.0 Å². The molecule has 0 fully saturated rings. The van der Waals surface area contributed by atoms with Crippen molar-refractivity contribution in [1.82, 2.24) is 9.78 Å². The van der Waals surface area contributed by atoms with E-state index in [1.165, 1.54) is 0 Å². The summed E-state index contributed by atoms with van der Waals surface area (Å²) in [7, 11) is 0. The molecule has 2 aromatic rings. The fourth-order valence-corrected chi connectivity index (χ4v) is 1.34. The molecule has 2 rings (SSSR count). The summed E-state index contributed by atoms with van der Waals surface area (Å²) in [6.07, 6.45) is 3.62. The number of nitrogens with zero attached hydrogens (tertiary/aromatic N) is 2. The Morgan fingerprint density at radius 3 is 2.50 bits per heavy atom. The number of rotatable bonds is 2. The second-order valence-corrected chi connectivity index (χ2v) is 3.30. The minimum atomic E-state index is 0.414. The number of hydrogen-bond acceptors (Lipinski definition) is 2. The SMILES string of the molecule is NC(=S)c1ccc(-n2cccn2)cc1. The van der Waals surface area contributed by atoms with Crippen LogP contribution >= 0.6 is 12.2 Å². The summed E-state index contributed by atoms with van der Waals surface area (Å²) in [5.74, 6) is 0. The lowest BCUT2D eigenvalue weighted by Crippen LogP contribution is -2.09. The van der Waals surface area contributed by atoms with Crippen LogP contribution in [0.5, 0.6) is 0 Å². The van der Waals surface area contributed by atoms with Crippen LogP contribution in [0.2, 0.25) is 0 Å². The first-order valence-corrected chi connectivity index (χ1v) is 4.58. The monoisotopic (exact) mass is 203 g/mol. The van der Waals surface area contributed by atoms with Gasteiger partial charge in [0, 0.05) is 18.0 Å². The van der Waals surface area contributed by atoms with Crippen LogP contribution in [0.1, 0.15) is 5.56 Å². The zero-order valence-corrected chi connectivity index (χ0v) is 8.24. The molecule has 0 spiro atoms. The smallest absolute Gasteiger partial charge is 0.103 e. The van der Waals surface area contributed by atoms with Crippen LogP contribution in [0.25, 0.3) is 5.69 Å². The molecule has 0 aliphatic rings. The van der Waals surface area contributed by atoms with Crippen LogP contribution in [0.3, 0.4) is 0 Å². The van der Waals surface area contributed by atoms with E-state index in [-0.39, 0.29) is 0 Å². The Morgan fingerprint density at radius 1 is 1.29 bits per heavy atom. The fraction of sp³-hybridized carbons (Fsp3) is 0. The highest BCUT2D eigenvalue weighted by Gasteiger charge is 1.97. The molecule has 70 valence electrons. The highest BCUT2D eigenvalue weighted by molar-refractivity contribution is 7.80. The van der Waals surface area contributed by atoms with Crippen LogP contribution in [0.4, 0.5) is 0 Å². The first kappa shape index (κ1) is 8.90. The summed E-state index contributed by atoms with van der Waals surface area (Å²) in [6.45, 7) is 0. The lowest BCUT2D eigenvalue weighted by molar-refractivity contribution is 0.880. The van der Waals surface area contributed by atoms with Crippen molar-refractivity contribution >= 4 is 17.2 Å². The van der Waals surface area contributed by atoms with Crippen molar-refractivity contribution in [3.8, 4) is 5.69 Å². The van der Waals surface area contributed by atoms with Crippen molar-refractivity contribution < 1.29 is 0 Å². The van der Waals surface area contributed by atoms with Gasteiger partial charge in [0.1, 0.15) is 4.99 Å². The third-order valence-corrected chi connectivity index (χ3v) is 2.16. The van der Waals surface area contributed by atoms with E-state index >= 15 is 0 Å². The van der Waals surface area contributed by atoms with Gasteiger partial charge in [-0.1, -0.05) is 12.2 Å². The van der Waals surface area contributed by atoms with Crippen molar-refractivity contribution in [2.75, 3.05) is 0 Å².